The van der Waals surface area contributed by atoms with E-state index in [4.69, 9.17) is 0 Å². The predicted octanol–water partition coefficient (Wildman–Crippen LogP) is 2.76. The normalized spacial score (nSPS) is 11.2. The molecule has 8 heteroatoms. The van der Waals surface area contributed by atoms with E-state index in [1.54, 1.807) is 24.1 Å². The van der Waals surface area contributed by atoms with E-state index in [2.05, 4.69) is 15.7 Å². The zero-order chi connectivity index (χ0) is 15.5. The van der Waals surface area contributed by atoms with Gasteiger partial charge in [-0.25, -0.2) is 4.79 Å². The molecule has 21 heavy (non-hydrogen) atoms. The fourth-order valence-corrected chi connectivity index (χ4v) is 1.69. The Hall–Kier alpha value is -2.51. The largest absolute Gasteiger partial charge is 0.416 e. The van der Waals surface area contributed by atoms with Gasteiger partial charge in [0.15, 0.2) is 0 Å². The van der Waals surface area contributed by atoms with Crippen LogP contribution in [-0.4, -0.2) is 15.8 Å². The number of amides is 2. The van der Waals surface area contributed by atoms with Crippen molar-refractivity contribution in [1.82, 2.24) is 15.1 Å². The molecule has 0 radical (unpaired) electrons. The smallest absolute Gasteiger partial charge is 0.334 e. The van der Waals surface area contributed by atoms with Crippen molar-refractivity contribution < 1.29 is 18.0 Å². The fourth-order valence-electron chi connectivity index (χ4n) is 1.69. The molecule has 0 aliphatic carbocycles. The Morgan fingerprint density at radius 2 is 2.14 bits per heavy atom. The molecule has 0 atom stereocenters. The topological polar surface area (TPSA) is 59.0 Å². The Balaban J connectivity index is 1.93. The molecule has 2 N–H and O–H groups in total. The van der Waals surface area contributed by atoms with E-state index < -0.39 is 17.8 Å². The zero-order valence-electron chi connectivity index (χ0n) is 11.1. The highest BCUT2D eigenvalue weighted by Crippen LogP contribution is 2.30. The molecule has 2 aromatic rings. The van der Waals surface area contributed by atoms with Crippen molar-refractivity contribution in [2.24, 2.45) is 7.05 Å². The van der Waals surface area contributed by atoms with Crippen LogP contribution in [0, 0.1) is 0 Å². The number of halogens is 3. The third-order valence-electron chi connectivity index (χ3n) is 2.66. The molecule has 2 amide bonds. The zero-order valence-corrected chi connectivity index (χ0v) is 11.1. The number of urea groups is 1. The standard InChI is InChI=1S/C13H13F3N4O/c1-20-8-9(7-18-20)6-17-12(21)19-11-4-2-3-10(5-11)13(14,15)16/h2-5,7-8H,6H2,1H3,(H2,17,19,21). The lowest BCUT2D eigenvalue weighted by Crippen LogP contribution is -2.28. The van der Waals surface area contributed by atoms with Crippen molar-refractivity contribution in [3.05, 3.63) is 47.8 Å². The fraction of sp³-hybridized carbons (Fsp3) is 0.231. The molecule has 0 bridgehead atoms. The molecule has 1 aromatic carbocycles. The number of aromatic nitrogens is 2. The molecule has 112 valence electrons. The van der Waals surface area contributed by atoms with Crippen molar-refractivity contribution >= 4 is 11.7 Å². The Morgan fingerprint density at radius 3 is 2.76 bits per heavy atom. The van der Waals surface area contributed by atoms with Gasteiger partial charge >= 0.3 is 12.2 Å². The van der Waals surface area contributed by atoms with Crippen LogP contribution in [0.25, 0.3) is 0 Å². The lowest BCUT2D eigenvalue weighted by Gasteiger charge is -2.10. The van der Waals surface area contributed by atoms with Crippen LogP contribution < -0.4 is 10.6 Å². The maximum atomic E-state index is 12.5. The Bertz CT molecular complexity index is 636. The average molecular weight is 298 g/mol. The van der Waals surface area contributed by atoms with Crippen LogP contribution in [0.2, 0.25) is 0 Å². The summed E-state index contributed by atoms with van der Waals surface area (Å²) in [6.07, 6.45) is -1.13. The van der Waals surface area contributed by atoms with Crippen LogP contribution in [0.4, 0.5) is 23.7 Å². The molecular formula is C13H13F3N4O. The quantitative estimate of drug-likeness (QED) is 0.915. The van der Waals surface area contributed by atoms with Gasteiger partial charge in [-0.05, 0) is 18.2 Å². The van der Waals surface area contributed by atoms with Gasteiger partial charge in [0.1, 0.15) is 0 Å². The number of benzene rings is 1. The molecule has 0 unspecified atom stereocenters. The Kier molecular flexibility index (Phi) is 4.15. The highest BCUT2D eigenvalue weighted by Gasteiger charge is 2.30. The van der Waals surface area contributed by atoms with Crippen molar-refractivity contribution in [2.45, 2.75) is 12.7 Å². The van der Waals surface area contributed by atoms with E-state index in [1.807, 2.05) is 0 Å². The van der Waals surface area contributed by atoms with E-state index in [1.165, 1.54) is 12.1 Å². The highest BCUT2D eigenvalue weighted by molar-refractivity contribution is 5.89. The van der Waals surface area contributed by atoms with E-state index in [-0.39, 0.29) is 12.2 Å². The summed E-state index contributed by atoms with van der Waals surface area (Å²) < 4.78 is 39.2. The molecule has 2 rings (SSSR count). The van der Waals surface area contributed by atoms with Crippen molar-refractivity contribution in [3.8, 4) is 0 Å². The summed E-state index contributed by atoms with van der Waals surface area (Å²) in [5, 5.41) is 8.83. The minimum absolute atomic E-state index is 0.0773. The van der Waals surface area contributed by atoms with E-state index in [0.717, 1.165) is 17.7 Å². The van der Waals surface area contributed by atoms with Gasteiger partial charge in [-0.1, -0.05) is 6.07 Å². The molecule has 0 saturated carbocycles. The van der Waals surface area contributed by atoms with Crippen LogP contribution in [0.5, 0.6) is 0 Å². The number of nitrogens with one attached hydrogen (secondary N) is 2. The van der Waals surface area contributed by atoms with Crippen molar-refractivity contribution in [1.29, 1.82) is 0 Å². The summed E-state index contributed by atoms with van der Waals surface area (Å²) in [6, 6.07) is 3.86. The van der Waals surface area contributed by atoms with Gasteiger partial charge in [0.2, 0.25) is 0 Å². The van der Waals surface area contributed by atoms with Crippen LogP contribution in [0.15, 0.2) is 36.7 Å². The Morgan fingerprint density at radius 1 is 1.38 bits per heavy atom. The second kappa shape index (κ2) is 5.86. The monoisotopic (exact) mass is 298 g/mol. The van der Waals surface area contributed by atoms with E-state index in [9.17, 15) is 18.0 Å². The minimum Gasteiger partial charge on any atom is -0.334 e. The third-order valence-corrected chi connectivity index (χ3v) is 2.66. The second-order valence-corrected chi connectivity index (χ2v) is 4.41. The number of aryl methyl sites for hydroxylation is 1. The maximum Gasteiger partial charge on any atom is 0.416 e. The van der Waals surface area contributed by atoms with Crippen LogP contribution in [0.1, 0.15) is 11.1 Å². The summed E-state index contributed by atoms with van der Waals surface area (Å²) in [7, 11) is 1.74. The molecule has 5 nitrogen and oxygen atoms in total. The average Bonchev–Trinajstić information content (AvgIpc) is 2.82. The molecule has 1 heterocycles. The molecular weight excluding hydrogens is 285 g/mol. The van der Waals surface area contributed by atoms with Crippen LogP contribution in [0.3, 0.4) is 0 Å². The first kappa shape index (κ1) is 14.9. The van der Waals surface area contributed by atoms with Gasteiger partial charge < -0.3 is 10.6 Å². The summed E-state index contributed by atoms with van der Waals surface area (Å²) in [5.74, 6) is 0. The van der Waals surface area contributed by atoms with E-state index in [0.29, 0.717) is 0 Å². The summed E-state index contributed by atoms with van der Waals surface area (Å²) in [6.45, 7) is 0.235. The molecule has 0 fully saturated rings. The van der Waals surface area contributed by atoms with Crippen molar-refractivity contribution in [3.63, 3.8) is 0 Å². The van der Waals surface area contributed by atoms with Gasteiger partial charge in [0.25, 0.3) is 0 Å². The predicted molar refractivity (Wildman–Crippen MR) is 70.5 cm³/mol. The first-order valence-corrected chi connectivity index (χ1v) is 6.04. The molecule has 0 saturated heterocycles. The number of anilines is 1. The third kappa shape index (κ3) is 4.23. The second-order valence-electron chi connectivity index (χ2n) is 4.41. The number of alkyl halides is 3. The Labute approximate surface area is 118 Å². The lowest BCUT2D eigenvalue weighted by molar-refractivity contribution is -0.137. The van der Waals surface area contributed by atoms with Gasteiger partial charge in [-0.3, -0.25) is 4.68 Å². The molecule has 1 aromatic heterocycles. The molecule has 0 aliphatic heterocycles. The first-order valence-electron chi connectivity index (χ1n) is 6.04. The first-order chi connectivity index (χ1) is 9.84. The molecule has 0 aliphatic rings. The van der Waals surface area contributed by atoms with Gasteiger partial charge in [-0.15, -0.1) is 0 Å². The van der Waals surface area contributed by atoms with E-state index >= 15 is 0 Å². The number of carbonyl (C=O) groups excluding carboxylic acids is 1. The van der Waals surface area contributed by atoms with Crippen LogP contribution in [-0.2, 0) is 19.8 Å². The minimum atomic E-state index is -4.44. The van der Waals surface area contributed by atoms with Gasteiger partial charge in [0.05, 0.1) is 11.8 Å². The van der Waals surface area contributed by atoms with Gasteiger partial charge in [0, 0.05) is 31.0 Å². The lowest BCUT2D eigenvalue weighted by atomic mass is 10.2. The highest BCUT2D eigenvalue weighted by atomic mass is 19.4. The van der Waals surface area contributed by atoms with Crippen LogP contribution >= 0.6 is 0 Å². The number of nitrogens with zero attached hydrogens (tertiary/aromatic N) is 2. The van der Waals surface area contributed by atoms with Gasteiger partial charge in [-0.2, -0.15) is 18.3 Å². The maximum absolute atomic E-state index is 12.5. The number of carbonyl (C=O) groups is 1. The summed E-state index contributed by atoms with van der Waals surface area (Å²) in [5.41, 5.74) is 0.0535. The SMILES string of the molecule is Cn1cc(CNC(=O)Nc2cccc(C(F)(F)F)c2)cn1. The number of rotatable bonds is 3. The summed E-state index contributed by atoms with van der Waals surface area (Å²) in [4.78, 5) is 11.6. The number of hydrogen-bond acceptors (Lipinski definition) is 2. The number of hydrogen-bond donors (Lipinski definition) is 2. The van der Waals surface area contributed by atoms with Crippen molar-refractivity contribution in [2.75, 3.05) is 5.32 Å². The summed E-state index contributed by atoms with van der Waals surface area (Å²) >= 11 is 0. The molecule has 0 spiro atoms.